The number of unbranched alkanes of at least 4 members (excludes halogenated alkanes) is 5. The lowest BCUT2D eigenvalue weighted by atomic mass is 10.1. The third kappa shape index (κ3) is 7.38. The molecule has 3 rings (SSSR count). The maximum Gasteiger partial charge on any atom is 0.230 e. The maximum absolute atomic E-state index is 12.2. The summed E-state index contributed by atoms with van der Waals surface area (Å²) < 4.78 is 2.05. The third-order valence-electron chi connectivity index (χ3n) is 5.66. The smallest absolute Gasteiger partial charge is 0.230 e. The zero-order chi connectivity index (χ0) is 21.0. The van der Waals surface area contributed by atoms with E-state index in [-0.39, 0.29) is 5.91 Å². The van der Waals surface area contributed by atoms with E-state index in [1.807, 2.05) is 10.8 Å². The number of aromatic nitrogens is 2. The Morgan fingerprint density at radius 3 is 2.60 bits per heavy atom. The molecular weight excluding hydrogens is 392 g/mol. The predicted molar refractivity (Wildman–Crippen MR) is 127 cm³/mol. The first-order valence-corrected chi connectivity index (χ1v) is 12.5. The summed E-state index contributed by atoms with van der Waals surface area (Å²) in [5.41, 5.74) is 2.22. The first kappa shape index (κ1) is 22.7. The van der Waals surface area contributed by atoms with Crippen molar-refractivity contribution in [3.05, 3.63) is 36.7 Å². The van der Waals surface area contributed by atoms with Crippen LogP contribution in [0, 0.1) is 0 Å². The van der Waals surface area contributed by atoms with Gasteiger partial charge in [-0.05, 0) is 43.5 Å². The van der Waals surface area contributed by atoms with Gasteiger partial charge in [-0.25, -0.2) is 4.98 Å². The van der Waals surface area contributed by atoms with Crippen LogP contribution < -0.4 is 10.6 Å². The van der Waals surface area contributed by atoms with Gasteiger partial charge in [0.15, 0.2) is 5.16 Å². The lowest BCUT2D eigenvalue weighted by Gasteiger charge is -2.12. The number of rotatable bonds is 13. The van der Waals surface area contributed by atoms with Crippen molar-refractivity contribution in [2.45, 2.75) is 82.3 Å². The van der Waals surface area contributed by atoms with Crippen molar-refractivity contribution in [3.63, 3.8) is 0 Å². The number of imidazole rings is 1. The minimum Gasteiger partial charge on any atom is -0.385 e. The van der Waals surface area contributed by atoms with Crippen molar-refractivity contribution >= 4 is 23.4 Å². The molecule has 5 nitrogen and oxygen atoms in total. The van der Waals surface area contributed by atoms with E-state index in [4.69, 9.17) is 0 Å². The fourth-order valence-electron chi connectivity index (χ4n) is 3.94. The van der Waals surface area contributed by atoms with E-state index in [1.165, 1.54) is 63.1 Å². The second-order valence-electron chi connectivity index (χ2n) is 8.16. The van der Waals surface area contributed by atoms with Gasteiger partial charge in [-0.2, -0.15) is 0 Å². The van der Waals surface area contributed by atoms with Gasteiger partial charge in [0.2, 0.25) is 5.91 Å². The summed E-state index contributed by atoms with van der Waals surface area (Å²) >= 11 is 1.49. The number of nitrogens with zero attached hydrogens (tertiary/aromatic N) is 2. The highest BCUT2D eigenvalue weighted by Crippen LogP contribution is 2.22. The number of hydrogen-bond donors (Lipinski definition) is 2. The van der Waals surface area contributed by atoms with Crippen LogP contribution in [0.25, 0.3) is 5.69 Å². The summed E-state index contributed by atoms with van der Waals surface area (Å²) in [5.74, 6) is 0.515. The van der Waals surface area contributed by atoms with E-state index < -0.39 is 0 Å². The van der Waals surface area contributed by atoms with Crippen LogP contribution in [0.3, 0.4) is 0 Å². The number of nitrogens with one attached hydrogen (secondary N) is 2. The second kappa shape index (κ2) is 12.7. The van der Waals surface area contributed by atoms with E-state index in [2.05, 4.69) is 46.8 Å². The van der Waals surface area contributed by atoms with Gasteiger partial charge < -0.3 is 10.6 Å². The van der Waals surface area contributed by atoms with Gasteiger partial charge in [0.25, 0.3) is 0 Å². The molecule has 2 N–H and O–H groups in total. The molecule has 1 fully saturated rings. The number of carbonyl (C=O) groups excluding carboxylic acids is 1. The Kier molecular flexibility index (Phi) is 9.61. The molecule has 1 heterocycles. The number of anilines is 1. The minimum absolute atomic E-state index is 0.107. The highest BCUT2D eigenvalue weighted by molar-refractivity contribution is 7.99. The standard InChI is InChI=1S/C24H36N4OS/c1-2-3-4-5-6-9-16-25-20-12-14-22(15-13-20)28-18-17-26-24(28)30-19-23(29)27-21-10-7-8-11-21/h12-15,17-18,21,25H,2-11,16,19H2,1H3,(H,27,29). The predicted octanol–water partition coefficient (Wildman–Crippen LogP) is 5.80. The van der Waals surface area contributed by atoms with Crippen molar-refractivity contribution < 1.29 is 4.79 Å². The van der Waals surface area contributed by atoms with E-state index in [1.54, 1.807) is 6.20 Å². The molecule has 0 aliphatic heterocycles. The SMILES string of the molecule is CCCCCCCCNc1ccc(-n2ccnc2SCC(=O)NC2CCCC2)cc1. The van der Waals surface area contributed by atoms with Crippen LogP contribution in [0.15, 0.2) is 41.8 Å². The van der Waals surface area contributed by atoms with Crippen LogP contribution in [0.5, 0.6) is 0 Å². The van der Waals surface area contributed by atoms with E-state index in [0.29, 0.717) is 11.8 Å². The van der Waals surface area contributed by atoms with Crippen molar-refractivity contribution in [3.8, 4) is 5.69 Å². The molecule has 0 spiro atoms. The molecule has 30 heavy (non-hydrogen) atoms. The topological polar surface area (TPSA) is 59.0 Å². The number of amides is 1. The molecule has 0 unspecified atom stereocenters. The highest BCUT2D eigenvalue weighted by atomic mass is 32.2. The Balaban J connectivity index is 1.42. The molecule has 0 saturated heterocycles. The van der Waals surface area contributed by atoms with Crippen LogP contribution in [-0.2, 0) is 4.79 Å². The van der Waals surface area contributed by atoms with E-state index in [9.17, 15) is 4.79 Å². The van der Waals surface area contributed by atoms with Crippen molar-refractivity contribution in [1.29, 1.82) is 0 Å². The van der Waals surface area contributed by atoms with Gasteiger partial charge in [0.05, 0.1) is 5.75 Å². The van der Waals surface area contributed by atoms with Gasteiger partial charge in [0.1, 0.15) is 0 Å². The van der Waals surface area contributed by atoms with Gasteiger partial charge in [-0.3, -0.25) is 9.36 Å². The molecule has 1 aromatic heterocycles. The highest BCUT2D eigenvalue weighted by Gasteiger charge is 2.17. The Labute approximate surface area is 185 Å². The fraction of sp³-hybridized carbons (Fsp3) is 0.583. The summed E-state index contributed by atoms with van der Waals surface area (Å²) in [5, 5.41) is 7.51. The number of thioether (sulfide) groups is 1. The van der Waals surface area contributed by atoms with Crippen LogP contribution in [0.2, 0.25) is 0 Å². The van der Waals surface area contributed by atoms with Crippen LogP contribution in [0.1, 0.15) is 71.1 Å². The molecular formula is C24H36N4OS. The number of hydrogen-bond acceptors (Lipinski definition) is 4. The molecule has 1 aliphatic carbocycles. The summed E-state index contributed by atoms with van der Waals surface area (Å²) in [6.07, 6.45) is 16.3. The third-order valence-corrected chi connectivity index (χ3v) is 6.63. The minimum atomic E-state index is 0.107. The summed E-state index contributed by atoms with van der Waals surface area (Å²) in [6, 6.07) is 8.82. The van der Waals surface area contributed by atoms with Crippen molar-refractivity contribution in [2.24, 2.45) is 0 Å². The normalized spacial score (nSPS) is 14.2. The Hall–Kier alpha value is -1.95. The molecule has 6 heteroatoms. The second-order valence-corrected chi connectivity index (χ2v) is 9.10. The molecule has 164 valence electrons. The first-order chi connectivity index (χ1) is 14.8. The molecule has 1 saturated carbocycles. The van der Waals surface area contributed by atoms with Gasteiger partial charge >= 0.3 is 0 Å². The molecule has 0 atom stereocenters. The van der Waals surface area contributed by atoms with Gasteiger partial charge in [-0.1, -0.05) is 63.6 Å². The molecule has 1 aliphatic rings. The monoisotopic (exact) mass is 428 g/mol. The maximum atomic E-state index is 12.2. The fourth-order valence-corrected chi connectivity index (χ4v) is 4.72. The summed E-state index contributed by atoms with van der Waals surface area (Å²) in [7, 11) is 0. The van der Waals surface area contributed by atoms with Crippen molar-refractivity contribution in [2.75, 3.05) is 17.6 Å². The lowest BCUT2D eigenvalue weighted by Crippen LogP contribution is -2.33. The van der Waals surface area contributed by atoms with Crippen LogP contribution in [0.4, 0.5) is 5.69 Å². The Bertz CT molecular complexity index is 753. The lowest BCUT2D eigenvalue weighted by molar-refractivity contribution is -0.119. The molecule has 1 amide bonds. The molecule has 0 bridgehead atoms. The number of benzene rings is 1. The number of carbonyl (C=O) groups is 1. The van der Waals surface area contributed by atoms with E-state index in [0.717, 1.165) is 35.9 Å². The molecule has 1 aromatic carbocycles. The molecule has 2 aromatic rings. The Morgan fingerprint density at radius 2 is 1.83 bits per heavy atom. The largest absolute Gasteiger partial charge is 0.385 e. The van der Waals surface area contributed by atoms with Gasteiger partial charge in [0, 0.05) is 36.4 Å². The summed E-state index contributed by atoms with van der Waals surface area (Å²) in [4.78, 5) is 16.6. The van der Waals surface area contributed by atoms with Crippen LogP contribution >= 0.6 is 11.8 Å². The zero-order valence-electron chi connectivity index (χ0n) is 18.2. The van der Waals surface area contributed by atoms with Crippen molar-refractivity contribution in [1.82, 2.24) is 14.9 Å². The summed E-state index contributed by atoms with van der Waals surface area (Å²) in [6.45, 7) is 3.28. The van der Waals surface area contributed by atoms with Crippen LogP contribution in [-0.4, -0.2) is 33.8 Å². The quantitative estimate of drug-likeness (QED) is 0.313. The average Bonchev–Trinajstić information content (AvgIpc) is 3.44. The van der Waals surface area contributed by atoms with E-state index >= 15 is 0 Å². The zero-order valence-corrected chi connectivity index (χ0v) is 19.1. The average molecular weight is 429 g/mol. The molecule has 0 radical (unpaired) electrons. The Morgan fingerprint density at radius 1 is 1.10 bits per heavy atom. The first-order valence-electron chi connectivity index (χ1n) is 11.6. The van der Waals surface area contributed by atoms with Gasteiger partial charge in [-0.15, -0.1) is 0 Å².